The Morgan fingerprint density at radius 2 is 1.86 bits per heavy atom. The van der Waals surface area contributed by atoms with E-state index in [2.05, 4.69) is 6.92 Å². The molecule has 4 heteroatoms. The van der Waals surface area contributed by atoms with Gasteiger partial charge in [-0.15, -0.1) is 0 Å². The van der Waals surface area contributed by atoms with Gasteiger partial charge in [0, 0.05) is 18.6 Å². The molecule has 0 aromatic rings. The number of amides is 2. The van der Waals surface area contributed by atoms with Crippen LogP contribution in [0.5, 0.6) is 0 Å². The topological polar surface area (TPSA) is 37.4 Å². The molecule has 1 fully saturated rings. The van der Waals surface area contributed by atoms with Crippen molar-refractivity contribution < 1.29 is 9.59 Å². The molecule has 0 aromatic carbocycles. The SMILES string of the molecule is CCCCCSN1C(=O)CCCC1=O. The molecule has 0 bridgehead atoms. The highest BCUT2D eigenvalue weighted by atomic mass is 32.2. The van der Waals surface area contributed by atoms with Gasteiger partial charge in [-0.1, -0.05) is 19.8 Å². The lowest BCUT2D eigenvalue weighted by Crippen LogP contribution is -2.34. The second kappa shape index (κ2) is 6.06. The number of carbonyl (C=O) groups excluding carboxylic acids is 2. The third-order valence-electron chi connectivity index (χ3n) is 2.20. The van der Waals surface area contributed by atoms with Crippen molar-refractivity contribution in [2.24, 2.45) is 0 Å². The zero-order valence-electron chi connectivity index (χ0n) is 8.62. The highest BCUT2D eigenvalue weighted by Gasteiger charge is 2.25. The number of piperidine rings is 1. The van der Waals surface area contributed by atoms with Crippen molar-refractivity contribution in [1.29, 1.82) is 0 Å². The first-order valence-corrected chi connectivity index (χ1v) is 6.18. The summed E-state index contributed by atoms with van der Waals surface area (Å²) in [6, 6.07) is 0. The van der Waals surface area contributed by atoms with Gasteiger partial charge in [0.25, 0.3) is 0 Å². The summed E-state index contributed by atoms with van der Waals surface area (Å²) in [5, 5.41) is 0. The monoisotopic (exact) mass is 215 g/mol. The molecule has 0 radical (unpaired) electrons. The predicted octanol–water partition coefficient (Wildman–Crippen LogP) is 2.36. The maximum Gasteiger partial charge on any atom is 0.239 e. The third kappa shape index (κ3) is 3.33. The molecule has 0 unspecified atom stereocenters. The summed E-state index contributed by atoms with van der Waals surface area (Å²) in [6.07, 6.45) is 5.21. The van der Waals surface area contributed by atoms with E-state index < -0.39 is 0 Å². The normalized spacial score (nSPS) is 17.6. The molecule has 1 rings (SSSR count). The van der Waals surface area contributed by atoms with Gasteiger partial charge in [0.1, 0.15) is 0 Å². The fourth-order valence-corrected chi connectivity index (χ4v) is 2.37. The first kappa shape index (κ1) is 11.6. The number of hydrogen-bond donors (Lipinski definition) is 0. The molecule has 14 heavy (non-hydrogen) atoms. The standard InChI is InChI=1S/C10H17NO2S/c1-2-3-4-8-14-11-9(12)6-5-7-10(11)13/h2-8H2,1H3. The van der Waals surface area contributed by atoms with Crippen molar-refractivity contribution in [1.82, 2.24) is 4.31 Å². The lowest BCUT2D eigenvalue weighted by atomic mass is 10.1. The summed E-state index contributed by atoms with van der Waals surface area (Å²) in [6.45, 7) is 2.14. The zero-order chi connectivity index (χ0) is 10.4. The fourth-order valence-electron chi connectivity index (χ4n) is 1.38. The van der Waals surface area contributed by atoms with Gasteiger partial charge in [0.05, 0.1) is 0 Å². The third-order valence-corrected chi connectivity index (χ3v) is 3.34. The van der Waals surface area contributed by atoms with Gasteiger partial charge in [-0.3, -0.25) is 9.59 Å². The zero-order valence-corrected chi connectivity index (χ0v) is 9.44. The van der Waals surface area contributed by atoms with E-state index in [1.807, 2.05) is 0 Å². The van der Waals surface area contributed by atoms with Crippen LogP contribution in [-0.2, 0) is 9.59 Å². The molecule has 0 aromatic heterocycles. The average Bonchev–Trinajstić information content (AvgIpc) is 2.16. The minimum atomic E-state index is -0.0113. The van der Waals surface area contributed by atoms with Crippen LogP contribution in [0, 0.1) is 0 Å². The van der Waals surface area contributed by atoms with Crippen LogP contribution in [0.3, 0.4) is 0 Å². The van der Waals surface area contributed by atoms with E-state index in [4.69, 9.17) is 0 Å². The Morgan fingerprint density at radius 1 is 1.21 bits per heavy atom. The maximum atomic E-state index is 11.4. The van der Waals surface area contributed by atoms with Crippen molar-refractivity contribution in [3.05, 3.63) is 0 Å². The molecule has 0 atom stereocenters. The van der Waals surface area contributed by atoms with Gasteiger partial charge >= 0.3 is 0 Å². The molecule has 3 nitrogen and oxygen atoms in total. The molecule has 0 aliphatic carbocycles. The first-order chi connectivity index (χ1) is 6.75. The van der Waals surface area contributed by atoms with Crippen LogP contribution in [0.4, 0.5) is 0 Å². The van der Waals surface area contributed by atoms with Crippen molar-refractivity contribution >= 4 is 23.8 Å². The van der Waals surface area contributed by atoms with Gasteiger partial charge < -0.3 is 0 Å². The molecule has 0 N–H and O–H groups in total. The maximum absolute atomic E-state index is 11.4. The Labute approximate surface area is 89.4 Å². The summed E-state index contributed by atoms with van der Waals surface area (Å²) in [5.41, 5.74) is 0. The van der Waals surface area contributed by atoms with Crippen LogP contribution < -0.4 is 0 Å². The second-order valence-electron chi connectivity index (χ2n) is 3.48. The van der Waals surface area contributed by atoms with Crippen molar-refractivity contribution in [2.75, 3.05) is 5.75 Å². The summed E-state index contributed by atoms with van der Waals surface area (Å²) in [4.78, 5) is 22.7. The number of unbranched alkanes of at least 4 members (excludes halogenated alkanes) is 2. The molecule has 1 heterocycles. The Morgan fingerprint density at radius 3 is 2.43 bits per heavy atom. The largest absolute Gasteiger partial charge is 0.273 e. The average molecular weight is 215 g/mol. The van der Waals surface area contributed by atoms with E-state index in [-0.39, 0.29) is 11.8 Å². The smallest absolute Gasteiger partial charge is 0.239 e. The van der Waals surface area contributed by atoms with E-state index in [1.165, 1.54) is 29.1 Å². The van der Waals surface area contributed by atoms with Crippen LogP contribution in [0.25, 0.3) is 0 Å². The van der Waals surface area contributed by atoms with Crippen molar-refractivity contribution in [2.45, 2.75) is 45.4 Å². The number of rotatable bonds is 5. The van der Waals surface area contributed by atoms with E-state index in [0.29, 0.717) is 12.8 Å². The Bertz CT molecular complexity index is 202. The van der Waals surface area contributed by atoms with E-state index in [9.17, 15) is 9.59 Å². The number of hydrogen-bond acceptors (Lipinski definition) is 3. The van der Waals surface area contributed by atoms with Crippen LogP contribution in [-0.4, -0.2) is 21.9 Å². The van der Waals surface area contributed by atoms with Crippen molar-refractivity contribution in [3.63, 3.8) is 0 Å². The Balaban J connectivity index is 2.26. The Kier molecular flexibility index (Phi) is 5.01. The summed E-state index contributed by atoms with van der Waals surface area (Å²) < 4.78 is 1.36. The fraction of sp³-hybridized carbons (Fsp3) is 0.800. The van der Waals surface area contributed by atoms with Gasteiger partial charge in [-0.2, -0.15) is 0 Å². The molecule has 0 spiro atoms. The summed E-state index contributed by atoms with van der Waals surface area (Å²) in [7, 11) is 0. The summed E-state index contributed by atoms with van der Waals surface area (Å²) >= 11 is 1.39. The molecule has 0 saturated carbocycles. The molecular formula is C10H17NO2S. The molecule has 1 aliphatic heterocycles. The molecule has 80 valence electrons. The van der Waals surface area contributed by atoms with E-state index in [0.717, 1.165) is 18.6 Å². The Hall–Kier alpha value is -0.510. The van der Waals surface area contributed by atoms with Gasteiger partial charge in [0.2, 0.25) is 11.8 Å². The quantitative estimate of drug-likeness (QED) is 0.401. The number of nitrogens with zero attached hydrogens (tertiary/aromatic N) is 1. The van der Waals surface area contributed by atoms with Crippen LogP contribution in [0.1, 0.15) is 45.4 Å². The van der Waals surface area contributed by atoms with Crippen LogP contribution in [0.15, 0.2) is 0 Å². The molecule has 1 aliphatic rings. The number of carbonyl (C=O) groups is 2. The van der Waals surface area contributed by atoms with Gasteiger partial charge in [-0.05, 0) is 24.8 Å². The summed E-state index contributed by atoms with van der Waals surface area (Å²) in [5.74, 6) is 0.858. The van der Waals surface area contributed by atoms with Crippen LogP contribution >= 0.6 is 11.9 Å². The van der Waals surface area contributed by atoms with E-state index in [1.54, 1.807) is 0 Å². The van der Waals surface area contributed by atoms with Crippen LogP contribution in [0.2, 0.25) is 0 Å². The highest BCUT2D eigenvalue weighted by Crippen LogP contribution is 2.21. The predicted molar refractivity (Wildman–Crippen MR) is 57.7 cm³/mol. The molecule has 1 saturated heterocycles. The van der Waals surface area contributed by atoms with Gasteiger partial charge in [0.15, 0.2) is 0 Å². The highest BCUT2D eigenvalue weighted by molar-refractivity contribution is 7.98. The molecule has 2 amide bonds. The lowest BCUT2D eigenvalue weighted by molar-refractivity contribution is -0.140. The van der Waals surface area contributed by atoms with E-state index >= 15 is 0 Å². The van der Waals surface area contributed by atoms with Gasteiger partial charge in [-0.25, -0.2) is 4.31 Å². The lowest BCUT2D eigenvalue weighted by Gasteiger charge is -2.23. The first-order valence-electron chi connectivity index (χ1n) is 5.24. The minimum Gasteiger partial charge on any atom is -0.273 e. The minimum absolute atomic E-state index is 0.0113. The van der Waals surface area contributed by atoms with Crippen molar-refractivity contribution in [3.8, 4) is 0 Å². The number of imide groups is 1. The second-order valence-corrected chi connectivity index (χ2v) is 4.51. The molecular weight excluding hydrogens is 198 g/mol.